The van der Waals surface area contributed by atoms with E-state index in [0.717, 1.165) is 5.69 Å². The number of carbonyl (C=O) groups excluding carboxylic acids is 1. The number of carbonyl (C=O) groups is 1. The molecule has 1 aromatic carbocycles. The van der Waals surface area contributed by atoms with E-state index in [2.05, 4.69) is 9.71 Å². The van der Waals surface area contributed by atoms with Gasteiger partial charge in [0.2, 0.25) is 10.0 Å². The van der Waals surface area contributed by atoms with Gasteiger partial charge in [0.05, 0.1) is 29.0 Å². The monoisotopic (exact) mass is 459 g/mol. The summed E-state index contributed by atoms with van der Waals surface area (Å²) < 4.78 is 38.9. The third-order valence-electron chi connectivity index (χ3n) is 4.40. The molecule has 0 atom stereocenters. The van der Waals surface area contributed by atoms with E-state index in [-0.39, 0.29) is 29.2 Å². The lowest BCUT2D eigenvalue weighted by Crippen LogP contribution is -2.23. The molecule has 160 valence electrons. The summed E-state index contributed by atoms with van der Waals surface area (Å²) in [5.74, 6) is -0.176. The Morgan fingerprint density at radius 2 is 2.03 bits per heavy atom. The maximum atomic E-state index is 12.4. The predicted octanol–water partition coefficient (Wildman–Crippen LogP) is 2.49. The molecule has 0 saturated heterocycles. The first-order valence-electron chi connectivity index (χ1n) is 9.09. The number of nitrogens with one attached hydrogen (secondary N) is 1. The number of sulfonamides is 1. The second-order valence-electron chi connectivity index (χ2n) is 6.59. The summed E-state index contributed by atoms with van der Waals surface area (Å²) in [4.78, 5) is 29.3. The number of fused-ring (bicyclic) bond motifs is 1. The Bertz CT molecular complexity index is 1390. The third kappa shape index (κ3) is 4.58. The van der Waals surface area contributed by atoms with E-state index in [1.54, 1.807) is 12.1 Å². The van der Waals surface area contributed by atoms with Gasteiger partial charge in [0.15, 0.2) is 4.96 Å². The maximum absolute atomic E-state index is 12.4. The van der Waals surface area contributed by atoms with Gasteiger partial charge in [-0.25, -0.2) is 22.9 Å². The average Bonchev–Trinajstić information content (AvgIpc) is 3.41. The van der Waals surface area contributed by atoms with Crippen molar-refractivity contribution in [3.63, 3.8) is 0 Å². The Hall–Kier alpha value is -3.28. The fourth-order valence-corrected chi connectivity index (χ4v) is 4.71. The Labute approximate surface area is 181 Å². The lowest BCUT2D eigenvalue weighted by atomic mass is 10.2. The van der Waals surface area contributed by atoms with Gasteiger partial charge >= 0.3 is 5.97 Å². The van der Waals surface area contributed by atoms with E-state index in [1.807, 2.05) is 12.3 Å². The maximum Gasteiger partial charge on any atom is 0.338 e. The predicted molar refractivity (Wildman–Crippen MR) is 112 cm³/mol. The summed E-state index contributed by atoms with van der Waals surface area (Å²) in [6.07, 6.45) is 1.45. The molecule has 0 saturated carbocycles. The van der Waals surface area contributed by atoms with Crippen LogP contribution >= 0.6 is 11.3 Å². The molecule has 4 rings (SSSR count). The van der Waals surface area contributed by atoms with Crippen molar-refractivity contribution in [2.45, 2.75) is 25.0 Å². The molecule has 0 aliphatic rings. The lowest BCUT2D eigenvalue weighted by Gasteiger charge is -2.07. The number of esters is 1. The number of hydrogen-bond acceptors (Lipinski definition) is 8. The second kappa shape index (κ2) is 8.46. The average molecular weight is 460 g/mol. The molecule has 0 fully saturated rings. The van der Waals surface area contributed by atoms with Gasteiger partial charge in [-0.1, -0.05) is 0 Å². The van der Waals surface area contributed by atoms with Gasteiger partial charge in [-0.05, 0) is 43.3 Å². The zero-order chi connectivity index (χ0) is 22.0. The quantitative estimate of drug-likeness (QED) is 0.422. The van der Waals surface area contributed by atoms with Crippen LogP contribution in [0.25, 0.3) is 4.96 Å². The lowest BCUT2D eigenvalue weighted by molar-refractivity contribution is 0.0467. The number of nitrogens with zero attached hydrogens (tertiary/aromatic N) is 2. The highest BCUT2D eigenvalue weighted by molar-refractivity contribution is 7.89. The minimum Gasteiger partial charge on any atom is -0.468 e. The summed E-state index contributed by atoms with van der Waals surface area (Å²) >= 11 is 1.32. The van der Waals surface area contributed by atoms with E-state index in [4.69, 9.17) is 9.15 Å². The number of hydrogen-bond donors (Lipinski definition) is 1. The first kappa shape index (κ1) is 21.0. The molecule has 3 aromatic heterocycles. The van der Waals surface area contributed by atoms with Crippen LogP contribution in [-0.4, -0.2) is 23.8 Å². The van der Waals surface area contributed by atoms with Gasteiger partial charge in [0.1, 0.15) is 12.4 Å². The van der Waals surface area contributed by atoms with Crippen LogP contribution in [0.3, 0.4) is 0 Å². The molecule has 0 spiro atoms. The molecule has 0 aliphatic heterocycles. The molecule has 1 N–H and O–H groups in total. The molecule has 0 aliphatic carbocycles. The van der Waals surface area contributed by atoms with Crippen molar-refractivity contribution in [3.8, 4) is 0 Å². The van der Waals surface area contributed by atoms with Gasteiger partial charge in [0.25, 0.3) is 5.56 Å². The zero-order valence-electron chi connectivity index (χ0n) is 16.3. The molecule has 0 unspecified atom stereocenters. The molecule has 31 heavy (non-hydrogen) atoms. The number of aryl methyl sites for hydroxylation is 1. The Morgan fingerprint density at radius 3 is 2.74 bits per heavy atom. The molecule has 3 heterocycles. The van der Waals surface area contributed by atoms with Crippen LogP contribution in [0.5, 0.6) is 0 Å². The zero-order valence-corrected chi connectivity index (χ0v) is 17.9. The number of rotatable bonds is 7. The molecular formula is C20H17N3O6S2. The third-order valence-corrected chi connectivity index (χ3v) is 6.76. The Balaban J connectivity index is 1.41. The fourth-order valence-electron chi connectivity index (χ4n) is 2.83. The van der Waals surface area contributed by atoms with Crippen molar-refractivity contribution in [2.75, 3.05) is 0 Å². The van der Waals surface area contributed by atoms with Crippen LogP contribution in [0, 0.1) is 6.92 Å². The normalized spacial score (nSPS) is 11.6. The summed E-state index contributed by atoms with van der Waals surface area (Å²) in [5, 5.41) is 1.82. The first-order chi connectivity index (χ1) is 14.8. The second-order valence-corrected chi connectivity index (χ2v) is 9.19. The standard InChI is InChI=1S/C20H17N3O6S2/c1-13-12-30-20-22-15(9-18(24)23(13)20)11-29-19(25)14-4-6-17(7-5-14)31(26,27)21-10-16-3-2-8-28-16/h2-9,12,21H,10-11H2,1H3. The largest absolute Gasteiger partial charge is 0.468 e. The Morgan fingerprint density at radius 1 is 1.26 bits per heavy atom. The highest BCUT2D eigenvalue weighted by atomic mass is 32.2. The van der Waals surface area contributed by atoms with Gasteiger partial charge in [0, 0.05) is 17.1 Å². The molecule has 0 radical (unpaired) electrons. The number of ether oxygens (including phenoxy) is 1. The number of benzene rings is 1. The highest BCUT2D eigenvalue weighted by Gasteiger charge is 2.16. The van der Waals surface area contributed by atoms with E-state index in [0.29, 0.717) is 16.4 Å². The van der Waals surface area contributed by atoms with E-state index in [9.17, 15) is 18.0 Å². The van der Waals surface area contributed by atoms with Crippen LogP contribution in [-0.2, 0) is 27.9 Å². The molecule has 4 aromatic rings. The van der Waals surface area contributed by atoms with E-state index >= 15 is 0 Å². The highest BCUT2D eigenvalue weighted by Crippen LogP contribution is 2.14. The number of aromatic nitrogens is 2. The van der Waals surface area contributed by atoms with E-state index in [1.165, 1.54) is 52.3 Å². The van der Waals surface area contributed by atoms with Gasteiger partial charge < -0.3 is 9.15 Å². The summed E-state index contributed by atoms with van der Waals surface area (Å²) in [5.41, 5.74) is 1.05. The fraction of sp³-hybridized carbons (Fsp3) is 0.150. The van der Waals surface area contributed by atoms with Gasteiger partial charge in [-0.3, -0.25) is 9.20 Å². The molecule has 9 nitrogen and oxygen atoms in total. The summed E-state index contributed by atoms with van der Waals surface area (Å²) in [6, 6.07) is 9.98. The molecule has 0 amide bonds. The minimum atomic E-state index is -3.77. The van der Waals surface area contributed by atoms with Crippen molar-refractivity contribution < 1.29 is 22.4 Å². The summed E-state index contributed by atoms with van der Waals surface area (Å²) in [6.45, 7) is 1.65. The minimum absolute atomic E-state index is 0.00353. The van der Waals surface area contributed by atoms with Gasteiger partial charge in [-0.15, -0.1) is 11.3 Å². The molecular weight excluding hydrogens is 442 g/mol. The first-order valence-corrected chi connectivity index (χ1v) is 11.5. The smallest absolute Gasteiger partial charge is 0.338 e. The van der Waals surface area contributed by atoms with Gasteiger partial charge in [-0.2, -0.15) is 0 Å². The SMILES string of the molecule is Cc1csc2nc(COC(=O)c3ccc(S(=O)(=O)NCc4ccco4)cc3)cc(=O)n12. The topological polar surface area (TPSA) is 120 Å². The number of furan rings is 1. The van der Waals surface area contributed by atoms with Crippen LogP contribution in [0.2, 0.25) is 0 Å². The van der Waals surface area contributed by atoms with Crippen LogP contribution < -0.4 is 10.3 Å². The van der Waals surface area contributed by atoms with Crippen molar-refractivity contribution >= 4 is 32.3 Å². The Kier molecular flexibility index (Phi) is 5.72. The van der Waals surface area contributed by atoms with Crippen LogP contribution in [0.1, 0.15) is 27.5 Å². The van der Waals surface area contributed by atoms with Crippen molar-refractivity contribution in [1.29, 1.82) is 0 Å². The van der Waals surface area contributed by atoms with Crippen molar-refractivity contribution in [1.82, 2.24) is 14.1 Å². The van der Waals surface area contributed by atoms with E-state index < -0.39 is 16.0 Å². The van der Waals surface area contributed by atoms with Crippen LogP contribution in [0.15, 0.2) is 68.2 Å². The van der Waals surface area contributed by atoms with Crippen LogP contribution in [0.4, 0.5) is 0 Å². The van der Waals surface area contributed by atoms with Crippen molar-refractivity contribution in [3.05, 3.63) is 87.2 Å². The van der Waals surface area contributed by atoms with Crippen molar-refractivity contribution in [2.24, 2.45) is 0 Å². The molecule has 0 bridgehead atoms. The molecule has 11 heteroatoms. The summed E-state index contributed by atoms with van der Waals surface area (Å²) in [7, 11) is -3.77. The number of thiazole rings is 1.